The predicted molar refractivity (Wildman–Crippen MR) is 89.1 cm³/mol. The van der Waals surface area contributed by atoms with Crippen molar-refractivity contribution in [2.24, 2.45) is 0 Å². The summed E-state index contributed by atoms with van der Waals surface area (Å²) in [6, 6.07) is 5.60. The lowest BCUT2D eigenvalue weighted by atomic mass is 10.2. The average molecular weight is 336 g/mol. The van der Waals surface area contributed by atoms with Gasteiger partial charge in [-0.05, 0) is 24.6 Å². The molecular weight excluding hydrogens is 316 g/mol. The minimum atomic E-state index is -0.0948. The molecule has 6 nitrogen and oxygen atoms in total. The van der Waals surface area contributed by atoms with Gasteiger partial charge in [-0.2, -0.15) is 0 Å². The van der Waals surface area contributed by atoms with E-state index in [1.54, 1.807) is 14.2 Å². The van der Waals surface area contributed by atoms with E-state index in [1.165, 1.54) is 11.3 Å². The second-order valence-electron chi connectivity index (χ2n) is 4.82. The van der Waals surface area contributed by atoms with Crippen molar-refractivity contribution in [3.05, 3.63) is 29.3 Å². The first-order valence-corrected chi connectivity index (χ1v) is 8.10. The third-order valence-electron chi connectivity index (χ3n) is 3.18. The number of rotatable bonds is 8. The largest absolute Gasteiger partial charge is 0.493 e. The minimum Gasteiger partial charge on any atom is -0.493 e. The summed E-state index contributed by atoms with van der Waals surface area (Å²) in [6.07, 6.45) is 0.787. The fraction of sp³-hybridized carbons (Fsp3) is 0.375. The molecule has 0 atom stereocenters. The zero-order valence-corrected chi connectivity index (χ0v) is 14.0. The molecule has 0 bridgehead atoms. The van der Waals surface area contributed by atoms with Crippen molar-refractivity contribution in [3.63, 3.8) is 0 Å². The first-order chi connectivity index (χ1) is 11.2. The predicted octanol–water partition coefficient (Wildman–Crippen LogP) is 1.87. The monoisotopic (exact) mass is 336 g/mol. The van der Waals surface area contributed by atoms with Gasteiger partial charge in [0.25, 0.3) is 0 Å². The molecule has 7 heteroatoms. The van der Waals surface area contributed by atoms with Gasteiger partial charge in [-0.25, -0.2) is 4.98 Å². The number of nitrogens with zero attached hydrogens (tertiary/aromatic N) is 1. The molecule has 0 aliphatic rings. The highest BCUT2D eigenvalue weighted by Gasteiger charge is 2.11. The molecule has 1 aromatic carbocycles. The maximum Gasteiger partial charge on any atom is 0.226 e. The molecule has 0 fully saturated rings. The van der Waals surface area contributed by atoms with Gasteiger partial charge in [0.15, 0.2) is 11.5 Å². The summed E-state index contributed by atoms with van der Waals surface area (Å²) in [7, 11) is 3.18. The van der Waals surface area contributed by atoms with Crippen molar-refractivity contribution in [1.82, 2.24) is 10.3 Å². The third-order valence-corrected chi connectivity index (χ3v) is 4.12. The van der Waals surface area contributed by atoms with E-state index in [0.717, 1.165) is 16.3 Å². The van der Waals surface area contributed by atoms with Crippen molar-refractivity contribution in [3.8, 4) is 22.1 Å². The van der Waals surface area contributed by atoms with E-state index in [0.29, 0.717) is 24.5 Å². The van der Waals surface area contributed by atoms with Crippen LogP contribution in [-0.4, -0.2) is 43.4 Å². The van der Waals surface area contributed by atoms with Gasteiger partial charge < -0.3 is 19.9 Å². The molecule has 0 aliphatic heterocycles. The quantitative estimate of drug-likeness (QED) is 0.719. The molecule has 0 aliphatic carbocycles. The van der Waals surface area contributed by atoms with Crippen LogP contribution in [0.15, 0.2) is 23.6 Å². The number of hydrogen-bond donors (Lipinski definition) is 2. The highest BCUT2D eigenvalue weighted by atomic mass is 32.1. The normalized spacial score (nSPS) is 10.4. The molecule has 1 amide bonds. The van der Waals surface area contributed by atoms with Crippen molar-refractivity contribution in [2.75, 3.05) is 27.4 Å². The number of aliphatic hydroxyl groups is 1. The molecule has 2 aromatic rings. The summed E-state index contributed by atoms with van der Waals surface area (Å²) >= 11 is 1.48. The summed E-state index contributed by atoms with van der Waals surface area (Å²) in [5, 5.41) is 14.1. The number of amides is 1. The highest BCUT2D eigenvalue weighted by Crippen LogP contribution is 2.33. The van der Waals surface area contributed by atoms with Crippen LogP contribution >= 0.6 is 11.3 Å². The van der Waals surface area contributed by atoms with Gasteiger partial charge in [-0.15, -0.1) is 11.3 Å². The second kappa shape index (κ2) is 8.50. The Hall–Kier alpha value is -2.12. The Morgan fingerprint density at radius 3 is 2.78 bits per heavy atom. The first kappa shape index (κ1) is 17.2. The SMILES string of the molecule is COc1ccc(-c2nc(CC(=O)NCCCO)cs2)cc1OC. The molecule has 2 N–H and O–H groups in total. The van der Waals surface area contributed by atoms with Gasteiger partial charge in [0.2, 0.25) is 5.91 Å². The lowest BCUT2D eigenvalue weighted by Crippen LogP contribution is -2.26. The molecule has 0 saturated heterocycles. The number of aliphatic hydroxyl groups excluding tert-OH is 1. The number of hydrogen-bond acceptors (Lipinski definition) is 6. The van der Waals surface area contributed by atoms with Gasteiger partial charge >= 0.3 is 0 Å². The molecule has 1 heterocycles. The van der Waals surface area contributed by atoms with Gasteiger partial charge in [-0.1, -0.05) is 0 Å². The molecular formula is C16H20N2O4S. The van der Waals surface area contributed by atoms with Crippen LogP contribution in [0.3, 0.4) is 0 Å². The maximum absolute atomic E-state index is 11.8. The van der Waals surface area contributed by atoms with Crippen LogP contribution in [0.2, 0.25) is 0 Å². The zero-order valence-electron chi connectivity index (χ0n) is 13.2. The van der Waals surface area contributed by atoms with Crippen molar-refractivity contribution >= 4 is 17.2 Å². The summed E-state index contributed by atoms with van der Waals surface area (Å²) in [5.74, 6) is 1.21. The van der Waals surface area contributed by atoms with Crippen LogP contribution in [-0.2, 0) is 11.2 Å². The number of aromatic nitrogens is 1. The van der Waals surface area contributed by atoms with Crippen LogP contribution in [0.4, 0.5) is 0 Å². The molecule has 2 rings (SSSR count). The Morgan fingerprint density at radius 1 is 1.30 bits per heavy atom. The molecule has 23 heavy (non-hydrogen) atoms. The van der Waals surface area contributed by atoms with Gasteiger partial charge in [0.05, 0.1) is 26.3 Å². The highest BCUT2D eigenvalue weighted by molar-refractivity contribution is 7.13. The van der Waals surface area contributed by atoms with Crippen molar-refractivity contribution in [2.45, 2.75) is 12.8 Å². The van der Waals surface area contributed by atoms with Crippen LogP contribution in [0.5, 0.6) is 11.5 Å². The van der Waals surface area contributed by atoms with Crippen molar-refractivity contribution < 1.29 is 19.4 Å². The molecule has 0 spiro atoms. The number of carbonyl (C=O) groups excluding carboxylic acids is 1. The Balaban J connectivity index is 2.05. The summed E-state index contributed by atoms with van der Waals surface area (Å²) in [6.45, 7) is 0.544. The van der Waals surface area contributed by atoms with Gasteiger partial charge in [0, 0.05) is 24.1 Å². The third kappa shape index (κ3) is 4.67. The second-order valence-corrected chi connectivity index (χ2v) is 5.68. The molecule has 0 unspecified atom stereocenters. The Labute approximate surface area is 139 Å². The van der Waals surface area contributed by atoms with Crippen LogP contribution in [0.25, 0.3) is 10.6 Å². The van der Waals surface area contributed by atoms with Crippen LogP contribution in [0, 0.1) is 0 Å². The number of nitrogens with one attached hydrogen (secondary N) is 1. The number of thiazole rings is 1. The average Bonchev–Trinajstić information content (AvgIpc) is 3.02. The van der Waals surface area contributed by atoms with Crippen LogP contribution in [0.1, 0.15) is 12.1 Å². The van der Waals surface area contributed by atoms with Crippen LogP contribution < -0.4 is 14.8 Å². The van der Waals surface area contributed by atoms with E-state index < -0.39 is 0 Å². The van der Waals surface area contributed by atoms with Crippen molar-refractivity contribution in [1.29, 1.82) is 0 Å². The lowest BCUT2D eigenvalue weighted by molar-refractivity contribution is -0.120. The Kier molecular flexibility index (Phi) is 6.37. The minimum absolute atomic E-state index is 0.0699. The summed E-state index contributed by atoms with van der Waals surface area (Å²) in [4.78, 5) is 16.2. The molecule has 1 aromatic heterocycles. The van der Waals surface area contributed by atoms with Gasteiger partial charge in [-0.3, -0.25) is 4.79 Å². The Morgan fingerprint density at radius 2 is 2.09 bits per heavy atom. The number of carbonyl (C=O) groups is 1. The Bertz CT molecular complexity index is 657. The zero-order chi connectivity index (χ0) is 16.7. The lowest BCUT2D eigenvalue weighted by Gasteiger charge is -2.08. The fourth-order valence-electron chi connectivity index (χ4n) is 2.02. The maximum atomic E-state index is 11.8. The van der Waals surface area contributed by atoms with Gasteiger partial charge in [0.1, 0.15) is 5.01 Å². The van der Waals surface area contributed by atoms with E-state index in [9.17, 15) is 4.79 Å². The topological polar surface area (TPSA) is 80.7 Å². The fourth-order valence-corrected chi connectivity index (χ4v) is 2.84. The van der Waals surface area contributed by atoms with E-state index >= 15 is 0 Å². The molecule has 0 saturated carbocycles. The number of methoxy groups -OCH3 is 2. The molecule has 124 valence electrons. The van der Waals surface area contributed by atoms with E-state index in [4.69, 9.17) is 14.6 Å². The van der Waals surface area contributed by atoms with E-state index in [1.807, 2.05) is 23.6 Å². The number of ether oxygens (including phenoxy) is 2. The smallest absolute Gasteiger partial charge is 0.226 e. The van der Waals surface area contributed by atoms with E-state index in [2.05, 4.69) is 10.3 Å². The first-order valence-electron chi connectivity index (χ1n) is 7.22. The van der Waals surface area contributed by atoms with E-state index in [-0.39, 0.29) is 18.9 Å². The summed E-state index contributed by atoms with van der Waals surface area (Å²) in [5.41, 5.74) is 1.64. The summed E-state index contributed by atoms with van der Waals surface area (Å²) < 4.78 is 10.5. The standard InChI is InChI=1S/C16H20N2O4S/c1-21-13-5-4-11(8-14(13)22-2)16-18-12(10-23-16)9-15(20)17-6-3-7-19/h4-5,8,10,19H,3,6-7,9H2,1-2H3,(H,17,20). The molecule has 0 radical (unpaired) electrons. The number of benzene rings is 1.